The minimum atomic E-state index is 0.00819. The lowest BCUT2D eigenvalue weighted by atomic mass is 10.1. The van der Waals surface area contributed by atoms with E-state index in [2.05, 4.69) is 21.2 Å². The number of aryl methyl sites for hydroxylation is 1. The summed E-state index contributed by atoms with van der Waals surface area (Å²) in [7, 11) is 0. The van der Waals surface area contributed by atoms with Gasteiger partial charge in [0.25, 0.3) is 0 Å². The first-order valence-corrected chi connectivity index (χ1v) is 7.54. The van der Waals surface area contributed by atoms with Crippen molar-refractivity contribution in [2.75, 3.05) is 0 Å². The lowest BCUT2D eigenvalue weighted by Gasteiger charge is -2.15. The second kappa shape index (κ2) is 7.25. The van der Waals surface area contributed by atoms with Crippen LogP contribution in [0.1, 0.15) is 30.5 Å². The van der Waals surface area contributed by atoms with Gasteiger partial charge in [0.05, 0.1) is 6.04 Å². The van der Waals surface area contributed by atoms with Crippen LogP contribution in [-0.4, -0.2) is 5.91 Å². The fraction of sp³-hybridized carbons (Fsp3) is 0.235. The zero-order chi connectivity index (χ0) is 14.4. The van der Waals surface area contributed by atoms with Crippen LogP contribution in [0.4, 0.5) is 0 Å². The summed E-state index contributed by atoms with van der Waals surface area (Å²) in [6.45, 7) is 2.00. The Morgan fingerprint density at radius 1 is 1.10 bits per heavy atom. The first-order valence-electron chi connectivity index (χ1n) is 6.74. The highest BCUT2D eigenvalue weighted by Gasteiger charge is 2.11. The maximum absolute atomic E-state index is 12.0. The Balaban J connectivity index is 1.87. The number of carbonyl (C=O) groups is 1. The monoisotopic (exact) mass is 331 g/mol. The Labute approximate surface area is 128 Å². The van der Waals surface area contributed by atoms with Crippen LogP contribution >= 0.6 is 15.9 Å². The summed E-state index contributed by atoms with van der Waals surface area (Å²) in [5.74, 6) is 0.0807. The second-order valence-electron chi connectivity index (χ2n) is 4.80. The van der Waals surface area contributed by atoms with Crippen molar-refractivity contribution in [2.24, 2.45) is 0 Å². The molecule has 1 atom stereocenters. The third kappa shape index (κ3) is 4.20. The van der Waals surface area contributed by atoms with Crippen LogP contribution in [0.15, 0.2) is 59.1 Å². The summed E-state index contributed by atoms with van der Waals surface area (Å²) in [4.78, 5) is 12.0. The van der Waals surface area contributed by atoms with Gasteiger partial charge in [0.15, 0.2) is 0 Å². The molecule has 1 unspecified atom stereocenters. The standard InChI is InChI=1S/C17H18BrNO/c1-13(15-9-5-6-10-16(15)18)19-17(20)12-11-14-7-3-2-4-8-14/h2-10,13H,11-12H2,1H3,(H,19,20). The van der Waals surface area contributed by atoms with Crippen LogP contribution in [0.3, 0.4) is 0 Å². The van der Waals surface area contributed by atoms with Gasteiger partial charge >= 0.3 is 0 Å². The van der Waals surface area contributed by atoms with Crippen molar-refractivity contribution in [3.05, 3.63) is 70.2 Å². The van der Waals surface area contributed by atoms with Crippen LogP contribution < -0.4 is 5.32 Å². The molecule has 3 heteroatoms. The molecule has 1 N–H and O–H groups in total. The van der Waals surface area contributed by atoms with E-state index in [1.807, 2.05) is 61.5 Å². The van der Waals surface area contributed by atoms with Gasteiger partial charge in [0.2, 0.25) is 5.91 Å². The predicted octanol–water partition coefficient (Wildman–Crippen LogP) is 4.26. The number of amides is 1. The molecule has 0 heterocycles. The highest BCUT2D eigenvalue weighted by molar-refractivity contribution is 9.10. The molecule has 104 valence electrons. The number of hydrogen-bond donors (Lipinski definition) is 1. The van der Waals surface area contributed by atoms with Gasteiger partial charge in [-0.3, -0.25) is 4.79 Å². The van der Waals surface area contributed by atoms with Crippen LogP contribution in [0.25, 0.3) is 0 Å². The number of carbonyl (C=O) groups excluding carboxylic acids is 1. The van der Waals surface area contributed by atoms with Gasteiger partial charge < -0.3 is 5.32 Å². The molecule has 2 aromatic rings. The molecule has 20 heavy (non-hydrogen) atoms. The van der Waals surface area contributed by atoms with E-state index in [0.29, 0.717) is 6.42 Å². The summed E-state index contributed by atoms with van der Waals surface area (Å²) in [5, 5.41) is 3.04. The molecule has 0 fully saturated rings. The number of hydrogen-bond acceptors (Lipinski definition) is 1. The van der Waals surface area contributed by atoms with Gasteiger partial charge in [-0.15, -0.1) is 0 Å². The highest BCUT2D eigenvalue weighted by atomic mass is 79.9. The lowest BCUT2D eigenvalue weighted by Crippen LogP contribution is -2.27. The Bertz CT molecular complexity index is 568. The third-order valence-electron chi connectivity index (χ3n) is 3.23. The zero-order valence-electron chi connectivity index (χ0n) is 11.5. The van der Waals surface area contributed by atoms with Crippen molar-refractivity contribution < 1.29 is 4.79 Å². The molecule has 0 aliphatic rings. The minimum Gasteiger partial charge on any atom is -0.350 e. The fourth-order valence-electron chi connectivity index (χ4n) is 2.12. The number of rotatable bonds is 5. The molecule has 0 aromatic heterocycles. The molecular weight excluding hydrogens is 314 g/mol. The summed E-state index contributed by atoms with van der Waals surface area (Å²) in [6.07, 6.45) is 1.29. The van der Waals surface area contributed by atoms with Gasteiger partial charge in [-0.2, -0.15) is 0 Å². The van der Waals surface area contributed by atoms with E-state index in [-0.39, 0.29) is 11.9 Å². The summed E-state index contributed by atoms with van der Waals surface area (Å²) in [5.41, 5.74) is 2.29. The Hall–Kier alpha value is -1.61. The van der Waals surface area contributed by atoms with Crippen molar-refractivity contribution in [2.45, 2.75) is 25.8 Å². The van der Waals surface area contributed by atoms with Crippen molar-refractivity contribution in [1.29, 1.82) is 0 Å². The second-order valence-corrected chi connectivity index (χ2v) is 5.65. The summed E-state index contributed by atoms with van der Waals surface area (Å²) >= 11 is 3.51. The van der Waals surface area contributed by atoms with Crippen molar-refractivity contribution in [3.8, 4) is 0 Å². The van der Waals surface area contributed by atoms with Crippen molar-refractivity contribution in [1.82, 2.24) is 5.32 Å². The van der Waals surface area contributed by atoms with Crippen LogP contribution in [0.2, 0.25) is 0 Å². The van der Waals surface area contributed by atoms with Gasteiger partial charge in [-0.1, -0.05) is 64.5 Å². The van der Waals surface area contributed by atoms with Crippen LogP contribution in [0, 0.1) is 0 Å². The molecule has 0 radical (unpaired) electrons. The molecule has 0 saturated heterocycles. The maximum atomic E-state index is 12.0. The van der Waals surface area contributed by atoms with E-state index in [1.165, 1.54) is 5.56 Å². The first kappa shape index (κ1) is 14.8. The van der Waals surface area contributed by atoms with Crippen molar-refractivity contribution >= 4 is 21.8 Å². The molecule has 0 aliphatic heterocycles. The highest BCUT2D eigenvalue weighted by Crippen LogP contribution is 2.22. The Morgan fingerprint density at radius 2 is 1.75 bits per heavy atom. The zero-order valence-corrected chi connectivity index (χ0v) is 13.1. The Kier molecular flexibility index (Phi) is 5.36. The van der Waals surface area contributed by atoms with Crippen molar-refractivity contribution in [3.63, 3.8) is 0 Å². The smallest absolute Gasteiger partial charge is 0.220 e. The summed E-state index contributed by atoms with van der Waals surface area (Å²) in [6, 6.07) is 18.0. The molecule has 0 bridgehead atoms. The van der Waals surface area contributed by atoms with E-state index in [4.69, 9.17) is 0 Å². The van der Waals surface area contributed by atoms with Gasteiger partial charge in [-0.05, 0) is 30.5 Å². The van der Waals surface area contributed by atoms with Gasteiger partial charge in [0, 0.05) is 10.9 Å². The molecule has 0 spiro atoms. The van der Waals surface area contributed by atoms with E-state index < -0.39 is 0 Å². The third-order valence-corrected chi connectivity index (χ3v) is 3.95. The molecule has 2 nitrogen and oxygen atoms in total. The molecule has 1 amide bonds. The largest absolute Gasteiger partial charge is 0.350 e. The molecule has 2 rings (SSSR count). The minimum absolute atomic E-state index is 0.00819. The average molecular weight is 332 g/mol. The maximum Gasteiger partial charge on any atom is 0.220 e. The first-order chi connectivity index (χ1) is 9.66. The van der Waals surface area contributed by atoms with E-state index in [0.717, 1.165) is 16.5 Å². The van der Waals surface area contributed by atoms with E-state index >= 15 is 0 Å². The fourth-order valence-corrected chi connectivity index (χ4v) is 2.75. The van der Waals surface area contributed by atoms with E-state index in [1.54, 1.807) is 0 Å². The number of nitrogens with one attached hydrogen (secondary N) is 1. The quantitative estimate of drug-likeness (QED) is 0.871. The normalized spacial score (nSPS) is 11.9. The molecule has 0 aliphatic carbocycles. The lowest BCUT2D eigenvalue weighted by molar-refractivity contribution is -0.121. The molecular formula is C17H18BrNO. The van der Waals surface area contributed by atoms with Crippen LogP contribution in [0.5, 0.6) is 0 Å². The molecule has 0 saturated carbocycles. The average Bonchev–Trinajstić information content (AvgIpc) is 2.46. The number of halogens is 1. The number of benzene rings is 2. The van der Waals surface area contributed by atoms with Gasteiger partial charge in [-0.25, -0.2) is 0 Å². The topological polar surface area (TPSA) is 29.1 Å². The van der Waals surface area contributed by atoms with Gasteiger partial charge in [0.1, 0.15) is 0 Å². The van der Waals surface area contributed by atoms with Crippen LogP contribution in [-0.2, 0) is 11.2 Å². The molecule has 2 aromatic carbocycles. The van der Waals surface area contributed by atoms with E-state index in [9.17, 15) is 4.79 Å². The SMILES string of the molecule is CC(NC(=O)CCc1ccccc1)c1ccccc1Br. The predicted molar refractivity (Wildman–Crippen MR) is 85.5 cm³/mol. The Morgan fingerprint density at radius 3 is 2.45 bits per heavy atom. The summed E-state index contributed by atoms with van der Waals surface area (Å²) < 4.78 is 1.02.